The zero-order valence-electron chi connectivity index (χ0n) is 10.4. The third kappa shape index (κ3) is 2.97. The second kappa shape index (κ2) is 5.19. The lowest BCUT2D eigenvalue weighted by Crippen LogP contribution is -2.08. The van der Waals surface area contributed by atoms with Gasteiger partial charge in [0.2, 0.25) is 0 Å². The number of anilines is 2. The summed E-state index contributed by atoms with van der Waals surface area (Å²) in [5.74, 6) is 0. The van der Waals surface area contributed by atoms with Gasteiger partial charge in [-0.05, 0) is 17.7 Å². The van der Waals surface area contributed by atoms with E-state index in [0.717, 1.165) is 17.2 Å². The topological polar surface area (TPSA) is 28.2 Å². The predicted octanol–water partition coefficient (Wildman–Crippen LogP) is 2.84. The first kappa shape index (κ1) is 11.9. The summed E-state index contributed by atoms with van der Waals surface area (Å²) in [6.45, 7) is 0. The Morgan fingerprint density at radius 2 is 1.94 bits per heavy atom. The highest BCUT2D eigenvalue weighted by atomic mass is 32.1. The fourth-order valence-corrected chi connectivity index (χ4v) is 2.30. The van der Waals surface area contributed by atoms with Gasteiger partial charge in [0, 0.05) is 38.6 Å². The van der Waals surface area contributed by atoms with Crippen molar-refractivity contribution in [1.29, 1.82) is 0 Å². The summed E-state index contributed by atoms with van der Waals surface area (Å²) in [5.41, 5.74) is 3.64. The van der Waals surface area contributed by atoms with Crippen LogP contribution in [0.5, 0.6) is 0 Å². The Hall–Kier alpha value is -1.55. The van der Waals surface area contributed by atoms with Crippen molar-refractivity contribution in [3.63, 3.8) is 0 Å². The van der Waals surface area contributed by atoms with Gasteiger partial charge in [-0.2, -0.15) is 0 Å². The summed E-state index contributed by atoms with van der Waals surface area (Å²) in [6.07, 6.45) is 0.895. The van der Waals surface area contributed by atoms with E-state index in [-0.39, 0.29) is 0 Å². The fraction of sp³-hybridized carbons (Fsp3) is 0.308. The van der Waals surface area contributed by atoms with Crippen molar-refractivity contribution < 1.29 is 0 Å². The number of thiazole rings is 1. The lowest BCUT2D eigenvalue weighted by atomic mass is 10.1. The van der Waals surface area contributed by atoms with Crippen LogP contribution < -0.4 is 10.2 Å². The Morgan fingerprint density at radius 3 is 2.47 bits per heavy atom. The molecule has 0 bridgehead atoms. The molecule has 0 saturated carbocycles. The number of rotatable bonds is 4. The smallest absolute Gasteiger partial charge is 0.182 e. The Labute approximate surface area is 106 Å². The summed E-state index contributed by atoms with van der Waals surface area (Å²) in [5, 5.41) is 6.14. The first-order valence-electron chi connectivity index (χ1n) is 5.57. The normalized spacial score (nSPS) is 10.3. The van der Waals surface area contributed by atoms with E-state index < -0.39 is 0 Å². The Kier molecular flexibility index (Phi) is 3.64. The minimum absolute atomic E-state index is 0.895. The maximum atomic E-state index is 4.48. The lowest BCUT2D eigenvalue weighted by molar-refractivity contribution is 1.09. The third-order valence-electron chi connectivity index (χ3n) is 2.60. The maximum Gasteiger partial charge on any atom is 0.182 e. The number of hydrogen-bond donors (Lipinski definition) is 1. The second-order valence-corrected chi connectivity index (χ2v) is 4.99. The molecule has 0 fully saturated rings. The van der Waals surface area contributed by atoms with Crippen LogP contribution in [0.1, 0.15) is 11.3 Å². The minimum Gasteiger partial charge on any atom is -0.378 e. The van der Waals surface area contributed by atoms with Gasteiger partial charge in [-0.15, -0.1) is 11.3 Å². The standard InChI is InChI=1S/C13H17N3S/c1-14-13-15-11(9-17-13)8-10-4-6-12(7-5-10)16(2)3/h4-7,9H,8H2,1-3H3,(H,14,15). The zero-order chi connectivity index (χ0) is 12.3. The molecule has 90 valence electrons. The van der Waals surface area contributed by atoms with Crippen LogP contribution in [0.25, 0.3) is 0 Å². The molecule has 0 saturated heterocycles. The fourth-order valence-electron chi connectivity index (χ4n) is 1.62. The molecule has 0 aliphatic carbocycles. The monoisotopic (exact) mass is 247 g/mol. The van der Waals surface area contributed by atoms with Crippen LogP contribution in [0.15, 0.2) is 29.6 Å². The highest BCUT2D eigenvalue weighted by molar-refractivity contribution is 7.13. The molecule has 1 N–H and O–H groups in total. The van der Waals surface area contributed by atoms with E-state index in [9.17, 15) is 0 Å². The van der Waals surface area contributed by atoms with E-state index in [1.807, 2.05) is 7.05 Å². The predicted molar refractivity (Wildman–Crippen MR) is 75.2 cm³/mol. The van der Waals surface area contributed by atoms with Gasteiger partial charge >= 0.3 is 0 Å². The van der Waals surface area contributed by atoms with Gasteiger partial charge in [-0.25, -0.2) is 4.98 Å². The highest BCUT2D eigenvalue weighted by Crippen LogP contribution is 2.19. The maximum absolute atomic E-state index is 4.48. The Bertz CT molecular complexity index is 474. The number of benzene rings is 1. The van der Waals surface area contributed by atoms with Gasteiger partial charge in [-0.3, -0.25) is 0 Å². The number of nitrogens with zero attached hydrogens (tertiary/aromatic N) is 2. The third-order valence-corrected chi connectivity index (χ3v) is 3.51. The molecule has 0 amide bonds. The quantitative estimate of drug-likeness (QED) is 0.900. The first-order chi connectivity index (χ1) is 8.19. The summed E-state index contributed by atoms with van der Waals surface area (Å²) in [4.78, 5) is 6.58. The van der Waals surface area contributed by atoms with E-state index in [2.05, 4.69) is 58.9 Å². The molecule has 0 atom stereocenters. The summed E-state index contributed by atoms with van der Waals surface area (Å²) in [7, 11) is 6.00. The average molecular weight is 247 g/mol. The van der Waals surface area contributed by atoms with Crippen LogP contribution in [0, 0.1) is 0 Å². The molecule has 0 unspecified atom stereocenters. The van der Waals surface area contributed by atoms with E-state index in [1.54, 1.807) is 11.3 Å². The molecular weight excluding hydrogens is 230 g/mol. The summed E-state index contributed by atoms with van der Waals surface area (Å²) < 4.78 is 0. The van der Waals surface area contributed by atoms with Crippen molar-refractivity contribution in [3.05, 3.63) is 40.9 Å². The average Bonchev–Trinajstić information content (AvgIpc) is 2.77. The molecule has 2 aromatic rings. The van der Waals surface area contributed by atoms with Crippen LogP contribution in [0.4, 0.5) is 10.8 Å². The summed E-state index contributed by atoms with van der Waals surface area (Å²) >= 11 is 1.65. The van der Waals surface area contributed by atoms with E-state index in [0.29, 0.717) is 0 Å². The molecule has 3 nitrogen and oxygen atoms in total. The number of aromatic nitrogens is 1. The number of nitrogens with one attached hydrogen (secondary N) is 1. The van der Waals surface area contributed by atoms with E-state index in [1.165, 1.54) is 11.3 Å². The Balaban J connectivity index is 2.08. The molecule has 0 aliphatic heterocycles. The van der Waals surface area contributed by atoms with E-state index in [4.69, 9.17) is 0 Å². The van der Waals surface area contributed by atoms with E-state index >= 15 is 0 Å². The molecular formula is C13H17N3S. The first-order valence-corrected chi connectivity index (χ1v) is 6.45. The van der Waals surface area contributed by atoms with Crippen LogP contribution in [-0.2, 0) is 6.42 Å². The largest absolute Gasteiger partial charge is 0.378 e. The van der Waals surface area contributed by atoms with Crippen molar-refractivity contribution in [3.8, 4) is 0 Å². The molecule has 0 spiro atoms. The van der Waals surface area contributed by atoms with Gasteiger partial charge in [0.25, 0.3) is 0 Å². The number of hydrogen-bond acceptors (Lipinski definition) is 4. The van der Waals surface area contributed by atoms with Gasteiger partial charge in [0.05, 0.1) is 5.69 Å². The highest BCUT2D eigenvalue weighted by Gasteiger charge is 2.02. The lowest BCUT2D eigenvalue weighted by Gasteiger charge is -2.12. The van der Waals surface area contributed by atoms with Gasteiger partial charge in [-0.1, -0.05) is 12.1 Å². The van der Waals surface area contributed by atoms with Crippen LogP contribution in [0.3, 0.4) is 0 Å². The summed E-state index contributed by atoms with van der Waals surface area (Å²) in [6, 6.07) is 8.60. The zero-order valence-corrected chi connectivity index (χ0v) is 11.2. The van der Waals surface area contributed by atoms with Crippen molar-refractivity contribution in [2.75, 3.05) is 31.4 Å². The second-order valence-electron chi connectivity index (χ2n) is 4.13. The Morgan fingerprint density at radius 1 is 1.24 bits per heavy atom. The molecule has 1 aromatic heterocycles. The molecule has 17 heavy (non-hydrogen) atoms. The van der Waals surface area contributed by atoms with Gasteiger partial charge in [0.15, 0.2) is 5.13 Å². The van der Waals surface area contributed by atoms with Crippen molar-refractivity contribution in [1.82, 2.24) is 4.98 Å². The molecule has 0 radical (unpaired) electrons. The van der Waals surface area contributed by atoms with Crippen LogP contribution >= 0.6 is 11.3 Å². The van der Waals surface area contributed by atoms with Gasteiger partial charge in [0.1, 0.15) is 0 Å². The minimum atomic E-state index is 0.895. The SMILES string of the molecule is CNc1nc(Cc2ccc(N(C)C)cc2)cs1. The molecule has 1 heterocycles. The van der Waals surface area contributed by atoms with Crippen molar-refractivity contribution in [2.45, 2.75) is 6.42 Å². The van der Waals surface area contributed by atoms with Crippen LogP contribution in [0.2, 0.25) is 0 Å². The molecule has 0 aliphatic rings. The molecule has 1 aromatic carbocycles. The van der Waals surface area contributed by atoms with Gasteiger partial charge < -0.3 is 10.2 Å². The molecule has 4 heteroatoms. The van der Waals surface area contributed by atoms with Crippen LogP contribution in [-0.4, -0.2) is 26.1 Å². The van der Waals surface area contributed by atoms with Crippen molar-refractivity contribution >= 4 is 22.2 Å². The van der Waals surface area contributed by atoms with Crippen molar-refractivity contribution in [2.24, 2.45) is 0 Å². The molecule has 2 rings (SSSR count).